The molecule has 0 amide bonds. The van der Waals surface area contributed by atoms with E-state index in [9.17, 15) is 0 Å². The fourth-order valence-electron chi connectivity index (χ4n) is 2.26. The number of ether oxygens (including phenoxy) is 2. The zero-order valence-corrected chi connectivity index (χ0v) is 15.3. The van der Waals surface area contributed by atoms with Crippen LogP contribution in [0.15, 0.2) is 29.3 Å². The average molecular weight is 321 g/mol. The van der Waals surface area contributed by atoms with Gasteiger partial charge in [0.25, 0.3) is 0 Å². The molecule has 0 spiro atoms. The monoisotopic (exact) mass is 321 g/mol. The van der Waals surface area contributed by atoms with Crippen LogP contribution in [0.25, 0.3) is 0 Å². The highest BCUT2D eigenvalue weighted by Crippen LogP contribution is 2.20. The molecule has 23 heavy (non-hydrogen) atoms. The van der Waals surface area contributed by atoms with Crippen molar-refractivity contribution in [3.63, 3.8) is 0 Å². The molecule has 0 heterocycles. The first kappa shape index (κ1) is 19.5. The van der Waals surface area contributed by atoms with Crippen LogP contribution >= 0.6 is 0 Å². The lowest BCUT2D eigenvalue weighted by Crippen LogP contribution is -2.45. The van der Waals surface area contributed by atoms with E-state index in [4.69, 9.17) is 9.47 Å². The molecule has 0 bridgehead atoms. The smallest absolute Gasteiger partial charge is 0.191 e. The maximum atomic E-state index is 5.55. The van der Waals surface area contributed by atoms with Crippen LogP contribution in [0.5, 0.6) is 0 Å². The molecule has 1 atom stereocenters. The Labute approximate surface area is 140 Å². The van der Waals surface area contributed by atoms with E-state index in [2.05, 4.69) is 60.7 Å². The van der Waals surface area contributed by atoms with E-state index < -0.39 is 0 Å². The second-order valence-corrected chi connectivity index (χ2v) is 6.65. The summed E-state index contributed by atoms with van der Waals surface area (Å²) in [6.07, 6.45) is 0.120. The van der Waals surface area contributed by atoms with Crippen LogP contribution in [0.1, 0.15) is 31.9 Å². The minimum absolute atomic E-state index is 0.0811. The number of aliphatic imine (C=N–C) groups is 1. The van der Waals surface area contributed by atoms with Crippen molar-refractivity contribution >= 4 is 5.96 Å². The summed E-state index contributed by atoms with van der Waals surface area (Å²) in [7, 11) is 5.22. The molecule has 0 radical (unpaired) electrons. The lowest BCUT2D eigenvalue weighted by molar-refractivity contribution is 0.0205. The van der Waals surface area contributed by atoms with Gasteiger partial charge in [-0.3, -0.25) is 4.99 Å². The Morgan fingerprint density at radius 2 is 1.70 bits per heavy atom. The van der Waals surface area contributed by atoms with Crippen LogP contribution in [0.4, 0.5) is 0 Å². The fourth-order valence-corrected chi connectivity index (χ4v) is 2.26. The normalized spacial score (nSPS) is 13.7. The topological polar surface area (TPSA) is 54.9 Å². The molecule has 1 unspecified atom stereocenters. The Balaban J connectivity index is 2.48. The van der Waals surface area contributed by atoms with Gasteiger partial charge in [0.05, 0.1) is 12.7 Å². The lowest BCUT2D eigenvalue weighted by atomic mass is 9.89. The predicted molar refractivity (Wildman–Crippen MR) is 95.6 cm³/mol. The summed E-state index contributed by atoms with van der Waals surface area (Å²) in [6.45, 7) is 8.58. The fraction of sp³-hybridized carbons (Fsp3) is 0.611. The molecule has 0 aliphatic heterocycles. The number of nitrogens with one attached hydrogen (secondary N) is 2. The molecular formula is C18H31N3O2. The number of methoxy groups -OCH3 is 2. The van der Waals surface area contributed by atoms with Crippen LogP contribution < -0.4 is 10.6 Å². The van der Waals surface area contributed by atoms with Gasteiger partial charge in [-0.2, -0.15) is 0 Å². The molecule has 0 aliphatic carbocycles. The molecular weight excluding hydrogens is 290 g/mol. The van der Waals surface area contributed by atoms with E-state index in [0.29, 0.717) is 13.2 Å². The summed E-state index contributed by atoms with van der Waals surface area (Å²) < 4.78 is 10.7. The number of nitrogens with zero attached hydrogens (tertiary/aromatic N) is 1. The molecule has 2 N–H and O–H groups in total. The van der Waals surface area contributed by atoms with Crippen LogP contribution in [0.3, 0.4) is 0 Å². The van der Waals surface area contributed by atoms with Crippen molar-refractivity contribution in [3.8, 4) is 0 Å². The molecule has 0 aliphatic rings. The minimum Gasteiger partial charge on any atom is -0.380 e. The quantitative estimate of drug-likeness (QED) is 0.599. The second-order valence-electron chi connectivity index (χ2n) is 6.65. The molecule has 1 aromatic carbocycles. The average Bonchev–Trinajstić information content (AvgIpc) is 2.51. The van der Waals surface area contributed by atoms with Gasteiger partial charge in [-0.1, -0.05) is 45.0 Å². The Morgan fingerprint density at radius 1 is 1.09 bits per heavy atom. The van der Waals surface area contributed by atoms with Crippen molar-refractivity contribution in [1.29, 1.82) is 0 Å². The number of hydrogen-bond acceptors (Lipinski definition) is 3. The van der Waals surface area contributed by atoms with E-state index in [-0.39, 0.29) is 11.5 Å². The number of benzene rings is 1. The van der Waals surface area contributed by atoms with Crippen LogP contribution in [0.2, 0.25) is 0 Å². The van der Waals surface area contributed by atoms with E-state index in [1.807, 2.05) is 0 Å². The van der Waals surface area contributed by atoms with Gasteiger partial charge in [0.15, 0.2) is 5.96 Å². The van der Waals surface area contributed by atoms with Gasteiger partial charge in [0, 0.05) is 34.4 Å². The van der Waals surface area contributed by atoms with Crippen LogP contribution in [-0.2, 0) is 22.6 Å². The Morgan fingerprint density at radius 3 is 2.17 bits per heavy atom. The predicted octanol–water partition coefficient (Wildman–Crippen LogP) is 2.56. The van der Waals surface area contributed by atoms with Crippen molar-refractivity contribution < 1.29 is 9.47 Å². The molecule has 0 saturated heterocycles. The third kappa shape index (κ3) is 7.01. The molecule has 1 rings (SSSR count). The van der Waals surface area contributed by atoms with Crippen molar-refractivity contribution in [1.82, 2.24) is 10.6 Å². The third-order valence-corrected chi connectivity index (χ3v) is 3.72. The third-order valence-electron chi connectivity index (χ3n) is 3.72. The van der Waals surface area contributed by atoms with Crippen LogP contribution in [0, 0.1) is 5.41 Å². The van der Waals surface area contributed by atoms with Crippen molar-refractivity contribution in [2.45, 2.75) is 40.0 Å². The SMILES string of the molecule is CN=C(NCc1ccc(COC)cc1)NCC(OC)C(C)(C)C. The number of guanidine groups is 1. The molecule has 5 heteroatoms. The number of hydrogen-bond donors (Lipinski definition) is 2. The highest BCUT2D eigenvalue weighted by Gasteiger charge is 2.24. The second kappa shape index (κ2) is 9.53. The summed E-state index contributed by atoms with van der Waals surface area (Å²) in [5.74, 6) is 0.775. The van der Waals surface area contributed by atoms with E-state index in [1.54, 1.807) is 21.3 Å². The standard InChI is InChI=1S/C18H31N3O2/c1-18(2,3)16(23-6)12-21-17(19-4)20-11-14-7-9-15(10-8-14)13-22-5/h7-10,16H,11-13H2,1-6H3,(H2,19,20,21). The highest BCUT2D eigenvalue weighted by molar-refractivity contribution is 5.79. The molecule has 0 aromatic heterocycles. The zero-order chi connectivity index (χ0) is 17.3. The minimum atomic E-state index is 0.0811. The Hall–Kier alpha value is -1.59. The van der Waals surface area contributed by atoms with Crippen molar-refractivity contribution in [2.75, 3.05) is 27.8 Å². The first-order chi connectivity index (χ1) is 10.9. The summed E-state index contributed by atoms with van der Waals surface area (Å²) >= 11 is 0. The first-order valence-electron chi connectivity index (χ1n) is 7.94. The maximum absolute atomic E-state index is 5.55. The maximum Gasteiger partial charge on any atom is 0.191 e. The van der Waals surface area contributed by atoms with Gasteiger partial charge in [0.2, 0.25) is 0 Å². The Kier molecular flexibility index (Phi) is 8.06. The summed E-state index contributed by atoms with van der Waals surface area (Å²) in [5, 5.41) is 6.64. The molecule has 1 aromatic rings. The lowest BCUT2D eigenvalue weighted by Gasteiger charge is -2.30. The van der Waals surface area contributed by atoms with Crippen molar-refractivity contribution in [3.05, 3.63) is 35.4 Å². The van der Waals surface area contributed by atoms with E-state index in [1.165, 1.54) is 11.1 Å². The summed E-state index contributed by atoms with van der Waals surface area (Å²) in [4.78, 5) is 4.26. The van der Waals surface area contributed by atoms with Gasteiger partial charge < -0.3 is 20.1 Å². The van der Waals surface area contributed by atoms with Gasteiger partial charge in [-0.25, -0.2) is 0 Å². The van der Waals surface area contributed by atoms with Gasteiger partial charge in [0.1, 0.15) is 0 Å². The zero-order valence-electron chi connectivity index (χ0n) is 15.3. The largest absolute Gasteiger partial charge is 0.380 e. The molecule has 0 saturated carbocycles. The van der Waals surface area contributed by atoms with Crippen molar-refractivity contribution in [2.24, 2.45) is 10.4 Å². The summed E-state index contributed by atoms with van der Waals surface area (Å²) in [6, 6.07) is 8.36. The molecule has 5 nitrogen and oxygen atoms in total. The van der Waals surface area contributed by atoms with Gasteiger partial charge in [-0.05, 0) is 16.5 Å². The van der Waals surface area contributed by atoms with E-state index >= 15 is 0 Å². The van der Waals surface area contributed by atoms with Gasteiger partial charge in [-0.15, -0.1) is 0 Å². The Bertz CT molecular complexity index is 478. The summed E-state index contributed by atoms with van der Waals surface area (Å²) in [5.41, 5.74) is 2.46. The molecule has 130 valence electrons. The van der Waals surface area contributed by atoms with Crippen LogP contribution in [-0.4, -0.2) is 39.9 Å². The molecule has 0 fully saturated rings. The van der Waals surface area contributed by atoms with Gasteiger partial charge >= 0.3 is 0 Å². The number of rotatable bonds is 7. The highest BCUT2D eigenvalue weighted by atomic mass is 16.5. The first-order valence-corrected chi connectivity index (χ1v) is 7.94. The van der Waals surface area contributed by atoms with E-state index in [0.717, 1.165) is 12.5 Å².